The normalized spacial score (nSPS) is 10.3. The zero-order chi connectivity index (χ0) is 12.7. The third-order valence-electron chi connectivity index (χ3n) is 1.75. The van der Waals surface area contributed by atoms with Crippen LogP contribution in [-0.2, 0) is 14.3 Å². The maximum atomic E-state index is 13.0. The van der Waals surface area contributed by atoms with Gasteiger partial charge in [0.1, 0.15) is 6.61 Å². The fourth-order valence-electron chi connectivity index (χ4n) is 0.999. The molecule has 1 amide bonds. The van der Waals surface area contributed by atoms with E-state index < -0.39 is 17.8 Å². The van der Waals surface area contributed by atoms with Crippen molar-refractivity contribution in [3.63, 3.8) is 0 Å². The Morgan fingerprint density at radius 3 is 2.82 bits per heavy atom. The molecule has 0 aliphatic rings. The summed E-state index contributed by atoms with van der Waals surface area (Å²) in [6.45, 7) is 0.383. The number of anilines is 1. The van der Waals surface area contributed by atoms with Gasteiger partial charge in [-0.05, 0) is 12.1 Å². The van der Waals surface area contributed by atoms with Crippen molar-refractivity contribution in [2.75, 3.05) is 32.2 Å². The Bertz CT molecular complexity index is 388. The Morgan fingerprint density at radius 1 is 1.41 bits per heavy atom. The van der Waals surface area contributed by atoms with Crippen LogP contribution < -0.4 is 5.32 Å². The molecule has 0 atom stereocenters. The first-order valence-electron chi connectivity index (χ1n) is 4.82. The lowest BCUT2D eigenvalue weighted by atomic mass is 10.4. The Morgan fingerprint density at radius 2 is 2.18 bits per heavy atom. The van der Waals surface area contributed by atoms with Gasteiger partial charge in [-0.15, -0.1) is 0 Å². The van der Waals surface area contributed by atoms with Gasteiger partial charge in [0, 0.05) is 7.11 Å². The monoisotopic (exact) mass is 246 g/mol. The molecule has 1 heterocycles. The summed E-state index contributed by atoms with van der Waals surface area (Å²) < 4.78 is 35.1. The van der Waals surface area contributed by atoms with Gasteiger partial charge in [0.05, 0.1) is 18.9 Å². The van der Waals surface area contributed by atoms with Crippen LogP contribution in [0.3, 0.4) is 0 Å². The van der Waals surface area contributed by atoms with Crippen molar-refractivity contribution in [3.05, 3.63) is 24.0 Å². The van der Waals surface area contributed by atoms with E-state index in [2.05, 4.69) is 10.3 Å². The maximum Gasteiger partial charge on any atom is 0.250 e. The minimum atomic E-state index is -1.07. The third-order valence-corrected chi connectivity index (χ3v) is 1.75. The zero-order valence-corrected chi connectivity index (χ0v) is 9.20. The van der Waals surface area contributed by atoms with Crippen LogP contribution in [0.2, 0.25) is 0 Å². The number of carbonyl (C=O) groups excluding carboxylic acids is 1. The maximum absolute atomic E-state index is 13.0. The van der Waals surface area contributed by atoms with E-state index in [1.165, 1.54) is 7.11 Å². The fraction of sp³-hybridized carbons (Fsp3) is 0.400. The molecular formula is C10H12F2N2O3. The predicted octanol–water partition coefficient (Wildman–Crippen LogP) is 0.961. The highest BCUT2D eigenvalue weighted by Gasteiger charge is 2.08. The summed E-state index contributed by atoms with van der Waals surface area (Å²) >= 11 is 0. The van der Waals surface area contributed by atoms with Gasteiger partial charge in [-0.2, -0.15) is 13.8 Å². The fourth-order valence-corrected chi connectivity index (χ4v) is 0.999. The van der Waals surface area contributed by atoms with E-state index in [-0.39, 0.29) is 18.9 Å². The second kappa shape index (κ2) is 6.87. The van der Waals surface area contributed by atoms with Crippen LogP contribution >= 0.6 is 0 Å². The number of methoxy groups -OCH3 is 1. The number of rotatable bonds is 6. The smallest absolute Gasteiger partial charge is 0.250 e. The average Bonchev–Trinajstić information content (AvgIpc) is 2.28. The number of hydrogen-bond donors (Lipinski definition) is 1. The molecule has 1 N–H and O–H groups in total. The van der Waals surface area contributed by atoms with Crippen LogP contribution in [0.5, 0.6) is 0 Å². The Kier molecular flexibility index (Phi) is 5.44. The average molecular weight is 246 g/mol. The number of hydrogen-bond acceptors (Lipinski definition) is 4. The first kappa shape index (κ1) is 13.5. The molecule has 0 aliphatic heterocycles. The number of ether oxygens (including phenoxy) is 2. The number of carbonyl (C=O) groups is 1. The molecule has 0 unspecified atom stereocenters. The van der Waals surface area contributed by atoms with Crippen LogP contribution in [0.1, 0.15) is 0 Å². The summed E-state index contributed by atoms with van der Waals surface area (Å²) in [5, 5.41) is 2.21. The zero-order valence-electron chi connectivity index (χ0n) is 9.20. The summed E-state index contributed by atoms with van der Waals surface area (Å²) in [5.74, 6) is -2.57. The minimum absolute atomic E-state index is 0.188. The van der Waals surface area contributed by atoms with E-state index in [0.29, 0.717) is 6.61 Å². The van der Waals surface area contributed by atoms with Crippen molar-refractivity contribution < 1.29 is 23.0 Å². The highest BCUT2D eigenvalue weighted by molar-refractivity contribution is 5.91. The molecule has 94 valence electrons. The van der Waals surface area contributed by atoms with Crippen molar-refractivity contribution in [2.45, 2.75) is 0 Å². The molecule has 7 heteroatoms. The van der Waals surface area contributed by atoms with E-state index in [0.717, 1.165) is 12.1 Å². The molecule has 0 fully saturated rings. The molecular weight excluding hydrogens is 234 g/mol. The summed E-state index contributed by atoms with van der Waals surface area (Å²) in [6, 6.07) is 2.04. The summed E-state index contributed by atoms with van der Waals surface area (Å²) in [4.78, 5) is 14.2. The second-order valence-corrected chi connectivity index (χ2v) is 3.07. The third kappa shape index (κ3) is 4.83. The lowest BCUT2D eigenvalue weighted by Crippen LogP contribution is -2.20. The molecule has 1 aromatic rings. The molecule has 1 aromatic heterocycles. The molecule has 0 spiro atoms. The standard InChI is InChI=1S/C10H12F2N2O3/c1-16-4-5-17-6-9(15)13-7-2-3-8(11)14-10(7)12/h2-3H,4-6H2,1H3,(H,13,15). The van der Waals surface area contributed by atoms with Crippen LogP contribution in [0.4, 0.5) is 14.5 Å². The van der Waals surface area contributed by atoms with Gasteiger partial charge in [0.15, 0.2) is 0 Å². The molecule has 1 rings (SSSR count). The molecule has 0 aliphatic carbocycles. The SMILES string of the molecule is COCCOCC(=O)Nc1ccc(F)nc1F. The Balaban J connectivity index is 2.40. The van der Waals surface area contributed by atoms with Gasteiger partial charge < -0.3 is 14.8 Å². The van der Waals surface area contributed by atoms with Crippen molar-refractivity contribution in [1.82, 2.24) is 4.98 Å². The number of nitrogens with one attached hydrogen (secondary N) is 1. The summed E-state index contributed by atoms with van der Waals surface area (Å²) in [5.41, 5.74) is -0.188. The molecule has 0 bridgehead atoms. The van der Waals surface area contributed by atoms with Gasteiger partial charge in [0.25, 0.3) is 0 Å². The van der Waals surface area contributed by atoms with Crippen molar-refractivity contribution in [1.29, 1.82) is 0 Å². The number of halogens is 2. The number of nitrogens with zero attached hydrogens (tertiary/aromatic N) is 1. The van der Waals surface area contributed by atoms with Gasteiger partial charge in [-0.1, -0.05) is 0 Å². The van der Waals surface area contributed by atoms with Gasteiger partial charge in [-0.3, -0.25) is 4.79 Å². The second-order valence-electron chi connectivity index (χ2n) is 3.07. The first-order valence-corrected chi connectivity index (χ1v) is 4.82. The van der Waals surface area contributed by atoms with Gasteiger partial charge >= 0.3 is 0 Å². The Hall–Kier alpha value is -1.60. The van der Waals surface area contributed by atoms with Gasteiger partial charge in [0.2, 0.25) is 17.8 Å². The predicted molar refractivity (Wildman–Crippen MR) is 55.5 cm³/mol. The quantitative estimate of drug-likeness (QED) is 0.600. The van der Waals surface area contributed by atoms with E-state index in [1.54, 1.807) is 0 Å². The number of amides is 1. The van der Waals surface area contributed by atoms with E-state index in [4.69, 9.17) is 9.47 Å². The first-order chi connectivity index (χ1) is 8.13. The van der Waals surface area contributed by atoms with Gasteiger partial charge in [-0.25, -0.2) is 0 Å². The van der Waals surface area contributed by atoms with Crippen LogP contribution in [0.15, 0.2) is 12.1 Å². The molecule has 17 heavy (non-hydrogen) atoms. The number of aromatic nitrogens is 1. The molecule has 0 aromatic carbocycles. The van der Waals surface area contributed by atoms with Crippen LogP contribution in [0, 0.1) is 11.9 Å². The topological polar surface area (TPSA) is 60.5 Å². The molecule has 0 radical (unpaired) electrons. The van der Waals surface area contributed by atoms with E-state index in [1.807, 2.05) is 0 Å². The van der Waals surface area contributed by atoms with Crippen molar-refractivity contribution >= 4 is 11.6 Å². The summed E-state index contributed by atoms with van der Waals surface area (Å²) in [7, 11) is 1.50. The van der Waals surface area contributed by atoms with E-state index >= 15 is 0 Å². The van der Waals surface area contributed by atoms with E-state index in [9.17, 15) is 13.6 Å². The summed E-state index contributed by atoms with van der Waals surface area (Å²) in [6.07, 6.45) is 0. The molecule has 0 saturated carbocycles. The molecule has 5 nitrogen and oxygen atoms in total. The Labute approximate surface area is 96.7 Å². The van der Waals surface area contributed by atoms with Crippen molar-refractivity contribution in [3.8, 4) is 0 Å². The lowest BCUT2D eigenvalue weighted by molar-refractivity contribution is -0.121. The van der Waals surface area contributed by atoms with Crippen molar-refractivity contribution in [2.24, 2.45) is 0 Å². The largest absolute Gasteiger partial charge is 0.382 e. The lowest BCUT2D eigenvalue weighted by Gasteiger charge is -2.06. The van der Waals surface area contributed by atoms with Crippen LogP contribution in [0.25, 0.3) is 0 Å². The number of pyridine rings is 1. The minimum Gasteiger partial charge on any atom is -0.382 e. The highest BCUT2D eigenvalue weighted by Crippen LogP contribution is 2.11. The molecule has 0 saturated heterocycles. The van der Waals surface area contributed by atoms with Crippen LogP contribution in [-0.4, -0.2) is 37.8 Å². The highest BCUT2D eigenvalue weighted by atomic mass is 19.1.